The van der Waals surface area contributed by atoms with Gasteiger partial charge in [0.2, 0.25) is 0 Å². The van der Waals surface area contributed by atoms with E-state index in [9.17, 15) is 4.79 Å². The molecule has 0 radical (unpaired) electrons. The number of hydrogen-bond acceptors (Lipinski definition) is 4. The lowest BCUT2D eigenvalue weighted by Crippen LogP contribution is -2.44. The summed E-state index contributed by atoms with van der Waals surface area (Å²) in [6.45, 7) is 5.85. The summed E-state index contributed by atoms with van der Waals surface area (Å²) in [4.78, 5) is 18.5. The van der Waals surface area contributed by atoms with E-state index in [0.29, 0.717) is 26.9 Å². The highest BCUT2D eigenvalue weighted by molar-refractivity contribution is 8.00. The number of aromatic nitrogens is 1. The smallest absolute Gasteiger partial charge is 0.255 e. The van der Waals surface area contributed by atoms with Gasteiger partial charge in [-0.2, -0.15) is 11.8 Å². The second kappa shape index (κ2) is 6.01. The van der Waals surface area contributed by atoms with Gasteiger partial charge < -0.3 is 10.2 Å². The van der Waals surface area contributed by atoms with Crippen LogP contribution >= 0.6 is 23.4 Å². The van der Waals surface area contributed by atoms with Crippen molar-refractivity contribution < 1.29 is 4.79 Å². The summed E-state index contributed by atoms with van der Waals surface area (Å²) >= 11 is 7.99. The zero-order valence-electron chi connectivity index (χ0n) is 11.3. The van der Waals surface area contributed by atoms with E-state index in [1.165, 1.54) is 0 Å². The highest BCUT2D eigenvalue weighted by Gasteiger charge is 2.26. The number of pyridine rings is 1. The van der Waals surface area contributed by atoms with Gasteiger partial charge in [-0.05, 0) is 6.07 Å². The summed E-state index contributed by atoms with van der Waals surface area (Å²) in [5, 5.41) is 4.29. The molecule has 1 N–H and O–H groups in total. The van der Waals surface area contributed by atoms with Crippen LogP contribution in [0.1, 0.15) is 24.2 Å². The Morgan fingerprint density at radius 1 is 1.47 bits per heavy atom. The van der Waals surface area contributed by atoms with E-state index in [1.54, 1.807) is 19.3 Å². The molecule has 0 aliphatic carbocycles. The normalized spacial score (nSPS) is 23.3. The van der Waals surface area contributed by atoms with Crippen LogP contribution in [0.15, 0.2) is 12.3 Å². The number of nitrogens with zero attached hydrogens (tertiary/aromatic N) is 2. The zero-order chi connectivity index (χ0) is 14.0. The lowest BCUT2D eigenvalue weighted by molar-refractivity contribution is 0.0753. The molecule has 0 saturated carbocycles. The predicted octanol–water partition coefficient (Wildman–Crippen LogP) is 2.74. The molecule has 19 heavy (non-hydrogen) atoms. The first-order chi connectivity index (χ1) is 9.01. The minimum Gasteiger partial charge on any atom is -0.372 e. The van der Waals surface area contributed by atoms with E-state index < -0.39 is 0 Å². The molecule has 1 fully saturated rings. The Labute approximate surface area is 122 Å². The van der Waals surface area contributed by atoms with E-state index in [-0.39, 0.29) is 5.91 Å². The van der Waals surface area contributed by atoms with Gasteiger partial charge in [0.05, 0.1) is 10.6 Å². The van der Waals surface area contributed by atoms with Crippen molar-refractivity contribution in [1.82, 2.24) is 9.88 Å². The Hall–Kier alpha value is -0.940. The first-order valence-corrected chi connectivity index (χ1v) is 7.61. The van der Waals surface area contributed by atoms with Crippen LogP contribution in [-0.4, -0.2) is 46.4 Å². The van der Waals surface area contributed by atoms with Crippen LogP contribution in [0.3, 0.4) is 0 Å². The van der Waals surface area contributed by atoms with Crippen molar-refractivity contribution in [3.63, 3.8) is 0 Å². The van der Waals surface area contributed by atoms with Crippen LogP contribution in [0.5, 0.6) is 0 Å². The molecule has 1 aromatic rings. The molecule has 1 aromatic heterocycles. The van der Waals surface area contributed by atoms with Crippen molar-refractivity contribution in [2.75, 3.05) is 25.5 Å². The number of carbonyl (C=O) groups excluding carboxylic acids is 1. The minimum absolute atomic E-state index is 0.0102. The number of rotatable bonds is 2. The summed E-state index contributed by atoms with van der Waals surface area (Å²) in [5.41, 5.74) is 0.551. The maximum Gasteiger partial charge on any atom is 0.255 e. The number of carbonyl (C=O) groups is 1. The number of halogens is 1. The molecule has 2 unspecified atom stereocenters. The van der Waals surface area contributed by atoms with Gasteiger partial charge in [0.25, 0.3) is 5.91 Å². The fraction of sp³-hybridized carbons (Fsp3) is 0.538. The largest absolute Gasteiger partial charge is 0.372 e. The molecule has 1 saturated heterocycles. The quantitative estimate of drug-likeness (QED) is 0.912. The zero-order valence-corrected chi connectivity index (χ0v) is 12.9. The first kappa shape index (κ1) is 14.5. The standard InChI is InChI=1S/C13H18ClN3OS/c1-8-6-17(7-9(2)19-8)13(18)10-4-11(14)12(15-3)16-5-10/h4-5,8-9H,6-7H2,1-3H3,(H,15,16). The first-order valence-electron chi connectivity index (χ1n) is 6.29. The van der Waals surface area contributed by atoms with Gasteiger partial charge in [0, 0.05) is 36.8 Å². The van der Waals surface area contributed by atoms with Gasteiger partial charge >= 0.3 is 0 Å². The fourth-order valence-electron chi connectivity index (χ4n) is 2.27. The summed E-state index contributed by atoms with van der Waals surface area (Å²) in [7, 11) is 1.75. The van der Waals surface area contributed by atoms with Crippen LogP contribution < -0.4 is 5.32 Å². The van der Waals surface area contributed by atoms with E-state index >= 15 is 0 Å². The number of hydrogen-bond donors (Lipinski definition) is 1. The van der Waals surface area contributed by atoms with E-state index in [4.69, 9.17) is 11.6 Å². The van der Waals surface area contributed by atoms with E-state index in [2.05, 4.69) is 24.1 Å². The molecular weight excluding hydrogens is 282 g/mol. The van der Waals surface area contributed by atoms with Crippen molar-refractivity contribution in [1.29, 1.82) is 0 Å². The Morgan fingerprint density at radius 3 is 2.63 bits per heavy atom. The van der Waals surface area contributed by atoms with Crippen LogP contribution in [0.25, 0.3) is 0 Å². The molecule has 0 bridgehead atoms. The summed E-state index contributed by atoms with van der Waals surface area (Å²) in [6, 6.07) is 1.68. The molecule has 104 valence electrons. The van der Waals surface area contributed by atoms with Crippen molar-refractivity contribution >= 4 is 35.1 Å². The topological polar surface area (TPSA) is 45.2 Å². The Balaban J connectivity index is 2.17. The molecule has 1 aliphatic rings. The Morgan fingerprint density at radius 2 is 2.11 bits per heavy atom. The molecule has 0 spiro atoms. The van der Waals surface area contributed by atoms with Crippen molar-refractivity contribution in [2.45, 2.75) is 24.3 Å². The van der Waals surface area contributed by atoms with Crippen LogP contribution in [0.2, 0.25) is 5.02 Å². The fourth-order valence-corrected chi connectivity index (χ4v) is 3.85. The van der Waals surface area contributed by atoms with Gasteiger partial charge in [0.1, 0.15) is 5.82 Å². The highest BCUT2D eigenvalue weighted by Crippen LogP contribution is 2.26. The van der Waals surface area contributed by atoms with E-state index in [1.807, 2.05) is 16.7 Å². The monoisotopic (exact) mass is 299 g/mol. The van der Waals surface area contributed by atoms with Gasteiger partial charge in [-0.3, -0.25) is 4.79 Å². The van der Waals surface area contributed by atoms with Crippen LogP contribution in [0, 0.1) is 0 Å². The molecular formula is C13H18ClN3OS. The van der Waals surface area contributed by atoms with Crippen molar-refractivity contribution in [3.05, 3.63) is 22.8 Å². The average molecular weight is 300 g/mol. The number of nitrogens with one attached hydrogen (secondary N) is 1. The van der Waals surface area contributed by atoms with Gasteiger partial charge in [-0.15, -0.1) is 0 Å². The third-order valence-electron chi connectivity index (χ3n) is 3.03. The minimum atomic E-state index is 0.0102. The molecule has 4 nitrogen and oxygen atoms in total. The second-order valence-electron chi connectivity index (χ2n) is 4.77. The summed E-state index contributed by atoms with van der Waals surface area (Å²) in [6.07, 6.45) is 1.58. The lowest BCUT2D eigenvalue weighted by atomic mass is 10.2. The summed E-state index contributed by atoms with van der Waals surface area (Å²) < 4.78 is 0. The number of amides is 1. The average Bonchev–Trinajstić information content (AvgIpc) is 2.36. The molecule has 2 atom stereocenters. The second-order valence-corrected chi connectivity index (χ2v) is 7.06. The maximum absolute atomic E-state index is 12.4. The Bertz CT molecular complexity index is 473. The van der Waals surface area contributed by atoms with Gasteiger partial charge in [-0.1, -0.05) is 25.4 Å². The molecule has 1 amide bonds. The predicted molar refractivity (Wildman–Crippen MR) is 81.2 cm³/mol. The highest BCUT2D eigenvalue weighted by atomic mass is 35.5. The van der Waals surface area contributed by atoms with Crippen LogP contribution in [-0.2, 0) is 0 Å². The molecule has 2 heterocycles. The number of anilines is 1. The molecule has 0 aromatic carbocycles. The van der Waals surface area contributed by atoms with Crippen LogP contribution in [0.4, 0.5) is 5.82 Å². The SMILES string of the molecule is CNc1ncc(C(=O)N2CC(C)SC(C)C2)cc1Cl. The summed E-state index contributed by atoms with van der Waals surface area (Å²) in [5.74, 6) is 0.602. The van der Waals surface area contributed by atoms with Gasteiger partial charge in [-0.25, -0.2) is 4.98 Å². The van der Waals surface area contributed by atoms with E-state index in [0.717, 1.165) is 13.1 Å². The molecule has 6 heteroatoms. The van der Waals surface area contributed by atoms with Gasteiger partial charge in [0.15, 0.2) is 0 Å². The Kier molecular flexibility index (Phi) is 4.58. The molecule has 1 aliphatic heterocycles. The lowest BCUT2D eigenvalue weighted by Gasteiger charge is -2.34. The third-order valence-corrected chi connectivity index (χ3v) is 4.55. The third kappa shape index (κ3) is 3.34. The van der Waals surface area contributed by atoms with Crippen molar-refractivity contribution in [2.24, 2.45) is 0 Å². The number of thioether (sulfide) groups is 1. The molecule has 2 rings (SSSR count). The maximum atomic E-state index is 12.4. The van der Waals surface area contributed by atoms with Crippen molar-refractivity contribution in [3.8, 4) is 0 Å².